The molecule has 0 spiro atoms. The Morgan fingerprint density at radius 2 is 1.88 bits per heavy atom. The summed E-state index contributed by atoms with van der Waals surface area (Å²) in [6.45, 7) is -0.138. The van der Waals surface area contributed by atoms with Crippen molar-refractivity contribution in [3.05, 3.63) is 69.9 Å². The summed E-state index contributed by atoms with van der Waals surface area (Å²) in [6.07, 6.45) is 2.91. The van der Waals surface area contributed by atoms with Gasteiger partial charge >= 0.3 is 0 Å². The number of nitrogens with zero attached hydrogens (tertiary/aromatic N) is 4. The van der Waals surface area contributed by atoms with Crippen LogP contribution in [-0.4, -0.2) is 25.1 Å². The van der Waals surface area contributed by atoms with Crippen molar-refractivity contribution < 1.29 is 4.79 Å². The molecular weight excluding hydrogens is 386 g/mol. The molecule has 25 heavy (non-hydrogen) atoms. The second-order valence-corrected chi connectivity index (χ2v) is 6.39. The minimum absolute atomic E-state index is 0.138. The molecule has 4 aromatic rings. The number of carbonyl (C=O) groups is 1. The number of hydrogen-bond donors (Lipinski definition) is 1. The van der Waals surface area contributed by atoms with E-state index in [2.05, 4.69) is 31.3 Å². The van der Waals surface area contributed by atoms with E-state index < -0.39 is 0 Å². The van der Waals surface area contributed by atoms with Crippen LogP contribution in [0.4, 0.5) is 0 Å². The average molecular weight is 398 g/mol. The Labute approximate surface area is 150 Å². The van der Waals surface area contributed by atoms with E-state index in [4.69, 9.17) is 0 Å². The predicted octanol–water partition coefficient (Wildman–Crippen LogP) is 2.28. The Bertz CT molecular complexity index is 1160. The molecule has 0 radical (unpaired) electrons. The predicted molar refractivity (Wildman–Crippen MR) is 97.8 cm³/mol. The molecule has 2 aromatic heterocycles. The molecule has 0 atom stereocenters. The van der Waals surface area contributed by atoms with Crippen molar-refractivity contribution >= 4 is 43.8 Å². The Morgan fingerprint density at radius 1 is 1.08 bits per heavy atom. The maximum Gasteiger partial charge on any atom is 0.261 e. The van der Waals surface area contributed by atoms with E-state index in [1.54, 1.807) is 12.1 Å². The number of fused-ring (bicyclic) bond motifs is 2. The SMILES string of the molecule is O=C(Cn1cnc2ccc(Br)cc2c1=O)Nn1cnc2ccccc21. The van der Waals surface area contributed by atoms with Crippen LogP contribution < -0.4 is 11.0 Å². The van der Waals surface area contributed by atoms with Crippen LogP contribution in [0.2, 0.25) is 0 Å². The third kappa shape index (κ3) is 2.91. The highest BCUT2D eigenvalue weighted by Gasteiger charge is 2.10. The lowest BCUT2D eigenvalue weighted by molar-refractivity contribution is -0.117. The van der Waals surface area contributed by atoms with E-state index in [1.807, 2.05) is 30.3 Å². The molecule has 0 aliphatic rings. The Kier molecular flexibility index (Phi) is 3.81. The molecule has 8 heteroatoms. The number of rotatable bonds is 3. The fourth-order valence-electron chi connectivity index (χ4n) is 2.62. The molecule has 0 bridgehead atoms. The first-order chi connectivity index (χ1) is 12.1. The number of aromatic nitrogens is 4. The lowest BCUT2D eigenvalue weighted by atomic mass is 10.2. The number of nitrogens with one attached hydrogen (secondary N) is 1. The van der Waals surface area contributed by atoms with Crippen LogP contribution in [0.5, 0.6) is 0 Å². The summed E-state index contributed by atoms with van der Waals surface area (Å²) >= 11 is 3.34. The molecule has 0 saturated carbocycles. The fourth-order valence-corrected chi connectivity index (χ4v) is 2.98. The smallest absolute Gasteiger partial charge is 0.261 e. The second-order valence-electron chi connectivity index (χ2n) is 5.48. The van der Waals surface area contributed by atoms with Crippen LogP contribution >= 0.6 is 15.9 Å². The van der Waals surface area contributed by atoms with Gasteiger partial charge in [0, 0.05) is 4.47 Å². The lowest BCUT2D eigenvalue weighted by Gasteiger charge is -2.09. The molecule has 0 aliphatic carbocycles. The van der Waals surface area contributed by atoms with Crippen molar-refractivity contribution in [3.63, 3.8) is 0 Å². The molecule has 124 valence electrons. The summed E-state index contributed by atoms with van der Waals surface area (Å²) in [4.78, 5) is 33.3. The maximum atomic E-state index is 12.5. The van der Waals surface area contributed by atoms with Crippen LogP contribution in [0.15, 0.2) is 64.4 Å². The second kappa shape index (κ2) is 6.14. The van der Waals surface area contributed by atoms with Crippen molar-refractivity contribution in [1.29, 1.82) is 0 Å². The standard InChI is InChI=1S/C17H12BrN5O2/c18-11-5-6-13-12(7-11)17(25)22(9-19-13)8-16(24)21-23-10-20-14-3-1-2-4-15(14)23/h1-7,9-10H,8H2,(H,21,24). The largest absolute Gasteiger partial charge is 0.289 e. The first-order valence-corrected chi connectivity index (χ1v) is 8.28. The quantitative estimate of drug-likeness (QED) is 0.574. The third-order valence-electron chi connectivity index (χ3n) is 3.80. The summed E-state index contributed by atoms with van der Waals surface area (Å²) in [5, 5.41) is 0.456. The fraction of sp³-hybridized carbons (Fsp3) is 0.0588. The van der Waals surface area contributed by atoms with Crippen molar-refractivity contribution in [2.75, 3.05) is 5.43 Å². The van der Waals surface area contributed by atoms with Gasteiger partial charge in [-0.05, 0) is 30.3 Å². The van der Waals surface area contributed by atoms with Crippen LogP contribution in [0.3, 0.4) is 0 Å². The molecule has 7 nitrogen and oxygen atoms in total. The van der Waals surface area contributed by atoms with Gasteiger partial charge in [0.05, 0.1) is 28.3 Å². The number of halogens is 1. The Morgan fingerprint density at radius 3 is 2.76 bits per heavy atom. The normalized spacial score (nSPS) is 11.1. The van der Waals surface area contributed by atoms with Gasteiger partial charge in [-0.25, -0.2) is 14.6 Å². The minimum atomic E-state index is -0.346. The highest BCUT2D eigenvalue weighted by Crippen LogP contribution is 2.15. The number of benzene rings is 2. The minimum Gasteiger partial charge on any atom is -0.289 e. The Hall–Kier alpha value is -3.00. The van der Waals surface area contributed by atoms with Gasteiger partial charge in [-0.15, -0.1) is 0 Å². The van der Waals surface area contributed by atoms with Crippen molar-refractivity contribution in [2.45, 2.75) is 6.54 Å². The summed E-state index contributed by atoms with van der Waals surface area (Å²) in [7, 11) is 0. The zero-order chi connectivity index (χ0) is 17.4. The zero-order valence-electron chi connectivity index (χ0n) is 12.9. The molecule has 4 rings (SSSR count). The molecule has 0 aliphatic heterocycles. The van der Waals surface area contributed by atoms with Crippen LogP contribution in [0.25, 0.3) is 21.9 Å². The van der Waals surface area contributed by atoms with Gasteiger partial charge in [0.2, 0.25) is 0 Å². The van der Waals surface area contributed by atoms with Crippen LogP contribution in [0, 0.1) is 0 Å². The maximum absolute atomic E-state index is 12.5. The van der Waals surface area contributed by atoms with Gasteiger partial charge in [0.25, 0.3) is 11.5 Å². The third-order valence-corrected chi connectivity index (χ3v) is 4.29. The number of imidazole rings is 1. The van der Waals surface area contributed by atoms with E-state index in [0.29, 0.717) is 10.9 Å². The molecular formula is C17H12BrN5O2. The van der Waals surface area contributed by atoms with Gasteiger partial charge in [-0.1, -0.05) is 28.1 Å². The van der Waals surface area contributed by atoms with Gasteiger partial charge in [-0.2, -0.15) is 0 Å². The van der Waals surface area contributed by atoms with E-state index in [-0.39, 0.29) is 18.0 Å². The number of amides is 1. The zero-order valence-corrected chi connectivity index (χ0v) is 14.5. The molecule has 0 unspecified atom stereocenters. The summed E-state index contributed by atoms with van der Waals surface area (Å²) in [5.74, 6) is -0.346. The topological polar surface area (TPSA) is 81.8 Å². The summed E-state index contributed by atoms with van der Waals surface area (Å²) in [5.41, 5.74) is 4.60. The number of para-hydroxylation sites is 2. The number of hydrogen-bond acceptors (Lipinski definition) is 4. The van der Waals surface area contributed by atoms with E-state index >= 15 is 0 Å². The van der Waals surface area contributed by atoms with E-state index in [0.717, 1.165) is 15.5 Å². The van der Waals surface area contributed by atoms with Crippen LogP contribution in [0.1, 0.15) is 0 Å². The monoisotopic (exact) mass is 397 g/mol. The van der Waals surface area contributed by atoms with E-state index in [9.17, 15) is 9.59 Å². The lowest BCUT2D eigenvalue weighted by Crippen LogP contribution is -2.31. The van der Waals surface area contributed by atoms with Crippen LogP contribution in [-0.2, 0) is 11.3 Å². The Balaban J connectivity index is 1.61. The van der Waals surface area contributed by atoms with Gasteiger partial charge in [0.15, 0.2) is 0 Å². The first kappa shape index (κ1) is 15.5. The van der Waals surface area contributed by atoms with Crippen molar-refractivity contribution in [1.82, 2.24) is 19.2 Å². The summed E-state index contributed by atoms with van der Waals surface area (Å²) in [6, 6.07) is 12.7. The highest BCUT2D eigenvalue weighted by molar-refractivity contribution is 9.10. The average Bonchev–Trinajstić information content (AvgIpc) is 3.01. The molecule has 0 saturated heterocycles. The molecule has 1 N–H and O–H groups in total. The molecule has 2 aromatic carbocycles. The summed E-state index contributed by atoms with van der Waals surface area (Å²) < 4.78 is 3.60. The first-order valence-electron chi connectivity index (χ1n) is 7.48. The molecule has 2 heterocycles. The van der Waals surface area contributed by atoms with Gasteiger partial charge in [-0.3, -0.25) is 19.6 Å². The number of carbonyl (C=O) groups excluding carboxylic acids is 1. The van der Waals surface area contributed by atoms with Gasteiger partial charge < -0.3 is 0 Å². The highest BCUT2D eigenvalue weighted by atomic mass is 79.9. The molecule has 1 amide bonds. The van der Waals surface area contributed by atoms with E-state index in [1.165, 1.54) is 21.9 Å². The molecule has 0 fully saturated rings. The van der Waals surface area contributed by atoms with Gasteiger partial charge in [0.1, 0.15) is 12.9 Å². The van der Waals surface area contributed by atoms with Crippen molar-refractivity contribution in [2.24, 2.45) is 0 Å². The van der Waals surface area contributed by atoms with Crippen molar-refractivity contribution in [3.8, 4) is 0 Å².